The molecule has 0 aromatic heterocycles. The Bertz CT molecular complexity index is 2130. The SMILES string of the molecule is C=[N+](CCCCCCCCCCCCCCCCCC)CC(=O)OC(CCCCC)C(O)C/C=C/CC(=O)OC(COC(=O)C/C=C/CC(O)C(CCCCC)OC([CH2+])=O)COC(=O)C/C=C/CC(O)C(CCCCC)OC(=O)C[N+](C)(C)CCCCCCCCCCCCCCCCCC. The molecule has 586 valence electrons. The molecular formula is C84H153N2O15+3. The largest absolute Gasteiger partial charge is 0.493 e. The summed E-state index contributed by atoms with van der Waals surface area (Å²) in [7, 11) is 4.09. The average molecular weight is 1430 g/mol. The second-order valence-corrected chi connectivity index (χ2v) is 29.5. The first-order chi connectivity index (χ1) is 48.8. The van der Waals surface area contributed by atoms with Gasteiger partial charge in [-0.05, 0) is 77.0 Å². The van der Waals surface area contributed by atoms with E-state index in [9.17, 15) is 44.1 Å². The summed E-state index contributed by atoms with van der Waals surface area (Å²) in [5.74, 6) is -3.60. The lowest BCUT2D eigenvalue weighted by molar-refractivity contribution is -0.883. The van der Waals surface area contributed by atoms with Crippen LogP contribution in [0, 0.1) is 6.92 Å². The first-order valence-electron chi connectivity index (χ1n) is 41.1. The lowest BCUT2D eigenvalue weighted by Crippen LogP contribution is -2.46. The Morgan fingerprint density at radius 2 is 0.673 bits per heavy atom. The molecule has 0 heterocycles. The van der Waals surface area contributed by atoms with E-state index in [0.29, 0.717) is 30.3 Å². The van der Waals surface area contributed by atoms with E-state index in [1.54, 1.807) is 28.9 Å². The van der Waals surface area contributed by atoms with E-state index in [0.717, 1.165) is 90.0 Å². The van der Waals surface area contributed by atoms with Crippen LogP contribution in [0.2, 0.25) is 0 Å². The van der Waals surface area contributed by atoms with Crippen LogP contribution in [0.5, 0.6) is 0 Å². The third-order valence-electron chi connectivity index (χ3n) is 18.9. The van der Waals surface area contributed by atoms with Crippen molar-refractivity contribution in [2.24, 2.45) is 0 Å². The minimum Gasteiger partial charge on any atom is -0.461 e. The topological polar surface area (TPSA) is 221 Å². The summed E-state index contributed by atoms with van der Waals surface area (Å²) in [5.41, 5.74) is 0. The van der Waals surface area contributed by atoms with Gasteiger partial charge in [-0.1, -0.05) is 289 Å². The van der Waals surface area contributed by atoms with Gasteiger partial charge in [0.2, 0.25) is 6.54 Å². The maximum absolute atomic E-state index is 13.4. The molecule has 0 fully saturated rings. The average Bonchev–Trinajstić information content (AvgIpc) is 0.957. The molecule has 0 aliphatic carbocycles. The first kappa shape index (κ1) is 96.4. The van der Waals surface area contributed by atoms with Gasteiger partial charge in [0.15, 0.2) is 19.6 Å². The van der Waals surface area contributed by atoms with Gasteiger partial charge in [-0.3, -0.25) is 14.4 Å². The number of quaternary nitrogens is 1. The number of nitrogens with zero attached hydrogens (tertiary/aromatic N) is 2. The van der Waals surface area contributed by atoms with Crippen molar-refractivity contribution in [3.05, 3.63) is 43.4 Å². The zero-order valence-electron chi connectivity index (χ0n) is 65.7. The monoisotopic (exact) mass is 1430 g/mol. The van der Waals surface area contributed by atoms with Crippen LogP contribution in [0.4, 0.5) is 0 Å². The van der Waals surface area contributed by atoms with Gasteiger partial charge in [0.1, 0.15) is 44.8 Å². The molecule has 0 bridgehead atoms. The van der Waals surface area contributed by atoms with Gasteiger partial charge in [-0.2, -0.15) is 4.79 Å². The number of hydrogen-bond donors (Lipinski definition) is 3. The van der Waals surface area contributed by atoms with Crippen molar-refractivity contribution in [2.45, 2.75) is 398 Å². The molecule has 0 aliphatic heterocycles. The Balaban J connectivity index is 5.52. The molecule has 0 rings (SSSR count). The van der Waals surface area contributed by atoms with Crippen molar-refractivity contribution in [2.75, 3.05) is 53.5 Å². The van der Waals surface area contributed by atoms with Crippen molar-refractivity contribution in [3.63, 3.8) is 0 Å². The predicted molar refractivity (Wildman–Crippen MR) is 410 cm³/mol. The smallest absolute Gasteiger partial charge is 0.461 e. The molecule has 17 nitrogen and oxygen atoms in total. The molecule has 0 aromatic carbocycles. The highest BCUT2D eigenvalue weighted by molar-refractivity contribution is 5.74. The normalized spacial score (nSPS) is 14.0. The van der Waals surface area contributed by atoms with Crippen LogP contribution >= 0.6 is 0 Å². The number of aliphatic hydroxyl groups is 3. The Labute approximate surface area is 616 Å². The summed E-state index contributed by atoms with van der Waals surface area (Å²) in [4.78, 5) is 77.5. The Hall–Kier alpha value is -4.58. The van der Waals surface area contributed by atoms with Crippen LogP contribution < -0.4 is 0 Å². The van der Waals surface area contributed by atoms with Crippen LogP contribution in [0.1, 0.15) is 356 Å². The molecule has 0 saturated carbocycles. The van der Waals surface area contributed by atoms with Crippen molar-refractivity contribution in [1.29, 1.82) is 0 Å². The molecule has 0 aromatic rings. The molecule has 17 heteroatoms. The Morgan fingerprint density at radius 1 is 0.376 bits per heavy atom. The van der Waals surface area contributed by atoms with E-state index in [2.05, 4.69) is 41.3 Å². The first-order valence-corrected chi connectivity index (χ1v) is 41.1. The molecule has 0 spiro atoms. The summed E-state index contributed by atoms with van der Waals surface area (Å²) < 4.78 is 35.9. The van der Waals surface area contributed by atoms with Crippen LogP contribution in [-0.2, 0) is 57.2 Å². The number of ether oxygens (including phenoxy) is 6. The fourth-order valence-corrected chi connectivity index (χ4v) is 12.6. The van der Waals surface area contributed by atoms with Crippen molar-refractivity contribution in [1.82, 2.24) is 0 Å². The molecule has 101 heavy (non-hydrogen) atoms. The molecule has 0 aliphatic rings. The number of carbonyl (C=O) groups excluding carboxylic acids is 6. The molecule has 7 unspecified atom stereocenters. The summed E-state index contributed by atoms with van der Waals surface area (Å²) >= 11 is 0. The fraction of sp³-hybridized carbons (Fsp3) is 0.833. The molecule has 3 N–H and O–H groups in total. The zero-order valence-corrected chi connectivity index (χ0v) is 65.7. The summed E-state index contributed by atoms with van der Waals surface area (Å²) in [5, 5.41) is 33.3. The number of likely N-dealkylation sites (N-methyl/N-ethyl adjacent to an activating group) is 1. The Morgan fingerprint density at radius 3 is 1.02 bits per heavy atom. The van der Waals surface area contributed by atoms with Crippen molar-refractivity contribution >= 4 is 42.5 Å². The van der Waals surface area contributed by atoms with Gasteiger partial charge in [-0.15, -0.1) is 0 Å². The number of unbranched alkanes of at least 4 members (excludes halogenated alkanes) is 36. The van der Waals surface area contributed by atoms with Crippen LogP contribution in [0.15, 0.2) is 36.5 Å². The summed E-state index contributed by atoms with van der Waals surface area (Å²) in [6.07, 6.45) is 53.6. The van der Waals surface area contributed by atoms with Gasteiger partial charge in [-0.25, -0.2) is 14.2 Å². The van der Waals surface area contributed by atoms with Crippen LogP contribution in [-0.4, -0.2) is 163 Å². The second-order valence-electron chi connectivity index (χ2n) is 29.5. The maximum Gasteiger partial charge on any atom is 0.493 e. The van der Waals surface area contributed by atoms with E-state index in [4.69, 9.17) is 28.4 Å². The van der Waals surface area contributed by atoms with E-state index in [-0.39, 0.29) is 57.6 Å². The summed E-state index contributed by atoms with van der Waals surface area (Å²) in [6, 6.07) is 0. The number of carbonyl (C=O) groups is 6. The van der Waals surface area contributed by atoms with Crippen LogP contribution in [0.25, 0.3) is 0 Å². The highest BCUT2D eigenvalue weighted by Gasteiger charge is 2.29. The van der Waals surface area contributed by atoms with E-state index >= 15 is 0 Å². The maximum atomic E-state index is 13.4. The van der Waals surface area contributed by atoms with E-state index < -0.39 is 85.8 Å². The number of hydrogen-bond acceptors (Lipinski definition) is 15. The van der Waals surface area contributed by atoms with Crippen molar-refractivity contribution in [3.8, 4) is 0 Å². The molecule has 0 amide bonds. The second kappa shape index (κ2) is 68.5. The van der Waals surface area contributed by atoms with E-state index in [1.165, 1.54) is 192 Å². The third kappa shape index (κ3) is 62.5. The standard InChI is InChI=1S/C84H153N2O15/c1-10-15-20-22-24-26-28-30-32-34-36-38-40-42-44-55-66-85(7)68-83(94)100-78(61-47-18-13-4)75(89)59-51-54-65-82(93)99-73(70-96-80(91)63-52-49-57-74(88)77(98-72(6)87)60-46-17-12-3)71-97-81(92)64-53-50-58-76(90)79(62-48-19-14-5)101-84(95)69-86(8,9)67-56-45-43-41-39-37-35-33-31-29-27-25-23-21-16-11-2/h49-54,73-79,88-90H,6-7,10-48,55-71H2,1-5,8-9H3/q+3/b52-49+,53-50+,54-51+. The van der Waals surface area contributed by atoms with Gasteiger partial charge < -0.3 is 48.2 Å². The molecule has 0 radical (unpaired) electrons. The molecule has 0 saturated heterocycles. The molecule has 7 atom stereocenters. The fourth-order valence-electron chi connectivity index (χ4n) is 12.6. The van der Waals surface area contributed by atoms with E-state index in [1.807, 2.05) is 21.0 Å². The highest BCUT2D eigenvalue weighted by Crippen LogP contribution is 2.21. The predicted octanol–water partition coefficient (Wildman–Crippen LogP) is 18.7. The van der Waals surface area contributed by atoms with Gasteiger partial charge in [0.05, 0.1) is 58.2 Å². The number of rotatable bonds is 73. The number of esters is 6. The minimum atomic E-state index is -1.19. The lowest BCUT2D eigenvalue weighted by atomic mass is 10.0. The quantitative estimate of drug-likeness (QED) is 0.00753. The van der Waals surface area contributed by atoms with Gasteiger partial charge in [0, 0.05) is 6.42 Å². The highest BCUT2D eigenvalue weighted by atomic mass is 16.6. The minimum absolute atomic E-state index is 0.0134. The van der Waals surface area contributed by atoms with Crippen LogP contribution in [0.3, 0.4) is 0 Å². The van der Waals surface area contributed by atoms with Gasteiger partial charge >= 0.3 is 35.8 Å². The zero-order chi connectivity index (χ0) is 74.7. The Kier molecular flexibility index (Phi) is 65.4. The lowest BCUT2D eigenvalue weighted by Gasteiger charge is -2.30. The molecular weight excluding hydrogens is 1280 g/mol. The van der Waals surface area contributed by atoms with Gasteiger partial charge in [0.25, 0.3) is 0 Å². The summed E-state index contributed by atoms with van der Waals surface area (Å²) in [6.45, 7) is 18.9. The third-order valence-corrected chi connectivity index (χ3v) is 18.9. The van der Waals surface area contributed by atoms with Crippen molar-refractivity contribution < 1.29 is 81.6 Å². The number of aliphatic hydroxyl groups excluding tert-OH is 3.